The number of carbonyl (C=O) groups excluding carboxylic acids is 1. The predicted octanol–water partition coefficient (Wildman–Crippen LogP) is 2.34. The second-order valence-corrected chi connectivity index (χ2v) is 6.90. The number of aryl methyl sites for hydroxylation is 1. The maximum atomic E-state index is 12.5. The molecule has 4 rings (SSSR count). The lowest BCUT2D eigenvalue weighted by Crippen LogP contribution is -2.21. The molecular formula is C18H15N7O2S. The highest BCUT2D eigenvalue weighted by atomic mass is 32.1. The lowest BCUT2D eigenvalue weighted by Gasteiger charge is -2.08. The topological polar surface area (TPSA) is 118 Å². The summed E-state index contributed by atoms with van der Waals surface area (Å²) < 4.78 is 1.40. The van der Waals surface area contributed by atoms with Gasteiger partial charge in [0.1, 0.15) is 17.2 Å². The smallest absolute Gasteiger partial charge is 0.277 e. The van der Waals surface area contributed by atoms with Crippen LogP contribution in [0.1, 0.15) is 21.7 Å². The number of rotatable bonds is 4. The Morgan fingerprint density at radius 2 is 2.14 bits per heavy atom. The van der Waals surface area contributed by atoms with Crippen LogP contribution in [0.25, 0.3) is 16.5 Å². The molecule has 0 atom stereocenters. The maximum Gasteiger partial charge on any atom is 0.277 e. The Hall–Kier alpha value is -3.66. The van der Waals surface area contributed by atoms with Crippen LogP contribution in [-0.4, -0.2) is 35.6 Å². The first-order chi connectivity index (χ1) is 13.5. The highest BCUT2D eigenvalue weighted by Gasteiger charge is 2.18. The van der Waals surface area contributed by atoms with E-state index in [2.05, 4.69) is 30.4 Å². The third kappa shape index (κ3) is 3.32. The number of aromatic amines is 1. The van der Waals surface area contributed by atoms with Crippen molar-refractivity contribution in [2.75, 3.05) is 5.32 Å². The maximum absolute atomic E-state index is 12.5. The van der Waals surface area contributed by atoms with Crippen molar-refractivity contribution < 1.29 is 4.79 Å². The minimum Gasteiger partial charge on any atom is -0.305 e. The molecule has 28 heavy (non-hydrogen) atoms. The van der Waals surface area contributed by atoms with Gasteiger partial charge in [-0.05, 0) is 25.3 Å². The van der Waals surface area contributed by atoms with Gasteiger partial charge in [-0.2, -0.15) is 9.78 Å². The molecule has 4 aromatic rings. The van der Waals surface area contributed by atoms with E-state index in [4.69, 9.17) is 0 Å². The number of nitrogens with zero attached hydrogens (tertiary/aromatic N) is 5. The Labute approximate surface area is 163 Å². The Kier molecular flexibility index (Phi) is 4.53. The fourth-order valence-corrected chi connectivity index (χ4v) is 3.18. The van der Waals surface area contributed by atoms with Crippen LogP contribution >= 0.6 is 11.3 Å². The minimum atomic E-state index is -0.446. The van der Waals surface area contributed by atoms with Crippen LogP contribution in [0.3, 0.4) is 0 Å². The number of carbonyl (C=O) groups is 1. The van der Waals surface area contributed by atoms with E-state index in [1.165, 1.54) is 34.6 Å². The van der Waals surface area contributed by atoms with Crippen LogP contribution in [0.5, 0.6) is 0 Å². The number of H-pyrrole nitrogens is 1. The van der Waals surface area contributed by atoms with Crippen molar-refractivity contribution in [3.8, 4) is 16.5 Å². The zero-order chi connectivity index (χ0) is 19.7. The highest BCUT2D eigenvalue weighted by molar-refractivity contribution is 7.13. The monoisotopic (exact) mass is 393 g/mol. The molecule has 0 saturated carbocycles. The summed E-state index contributed by atoms with van der Waals surface area (Å²) in [6.45, 7) is 3.44. The summed E-state index contributed by atoms with van der Waals surface area (Å²) in [5.41, 5.74) is 1.65. The van der Waals surface area contributed by atoms with Gasteiger partial charge in [-0.15, -0.1) is 11.3 Å². The summed E-state index contributed by atoms with van der Waals surface area (Å²) in [5.74, 6) is 0.119. The first-order valence-corrected chi connectivity index (χ1v) is 9.20. The molecular weight excluding hydrogens is 378 g/mol. The van der Waals surface area contributed by atoms with Gasteiger partial charge in [0.25, 0.3) is 11.5 Å². The van der Waals surface area contributed by atoms with Crippen molar-refractivity contribution in [3.63, 3.8) is 0 Å². The molecule has 0 bridgehead atoms. The van der Waals surface area contributed by atoms with Crippen LogP contribution in [-0.2, 0) is 0 Å². The van der Waals surface area contributed by atoms with E-state index in [1.54, 1.807) is 19.9 Å². The normalized spacial score (nSPS) is 10.8. The molecule has 0 aliphatic rings. The third-order valence-electron chi connectivity index (χ3n) is 4.10. The second kappa shape index (κ2) is 7.16. The number of aromatic nitrogens is 6. The summed E-state index contributed by atoms with van der Waals surface area (Å²) in [6, 6.07) is 5.55. The van der Waals surface area contributed by atoms with Crippen LogP contribution in [0.4, 0.5) is 5.82 Å². The van der Waals surface area contributed by atoms with Crippen molar-refractivity contribution in [2.45, 2.75) is 13.8 Å². The zero-order valence-electron chi connectivity index (χ0n) is 15.0. The van der Waals surface area contributed by atoms with Crippen LogP contribution < -0.4 is 10.9 Å². The molecule has 0 unspecified atom stereocenters. The number of thiophene rings is 1. The van der Waals surface area contributed by atoms with Crippen molar-refractivity contribution in [1.82, 2.24) is 29.7 Å². The lowest BCUT2D eigenvalue weighted by atomic mass is 10.3. The van der Waals surface area contributed by atoms with Crippen LogP contribution in [0.15, 0.2) is 47.0 Å². The first-order valence-electron chi connectivity index (χ1n) is 8.32. The second-order valence-electron chi connectivity index (χ2n) is 5.95. The van der Waals surface area contributed by atoms with Gasteiger partial charge >= 0.3 is 0 Å². The predicted molar refractivity (Wildman–Crippen MR) is 105 cm³/mol. The number of anilines is 1. The quantitative estimate of drug-likeness (QED) is 0.549. The van der Waals surface area contributed by atoms with Crippen molar-refractivity contribution >= 4 is 23.1 Å². The largest absolute Gasteiger partial charge is 0.305 e. The summed E-state index contributed by atoms with van der Waals surface area (Å²) in [7, 11) is 0. The van der Waals surface area contributed by atoms with Gasteiger partial charge in [0.15, 0.2) is 0 Å². The summed E-state index contributed by atoms with van der Waals surface area (Å²) >= 11 is 1.51. The van der Waals surface area contributed by atoms with Gasteiger partial charge in [0.2, 0.25) is 5.95 Å². The van der Waals surface area contributed by atoms with Gasteiger partial charge in [0, 0.05) is 29.7 Å². The molecule has 140 valence electrons. The number of hydrogen-bond acceptors (Lipinski definition) is 7. The molecule has 4 heterocycles. The first kappa shape index (κ1) is 17.7. The molecule has 0 aliphatic carbocycles. The Morgan fingerprint density at radius 3 is 2.82 bits per heavy atom. The van der Waals surface area contributed by atoms with E-state index < -0.39 is 5.91 Å². The van der Waals surface area contributed by atoms with E-state index >= 15 is 0 Å². The van der Waals surface area contributed by atoms with Crippen LogP contribution in [0, 0.1) is 13.8 Å². The molecule has 4 aromatic heterocycles. The minimum absolute atomic E-state index is 0.162. The van der Waals surface area contributed by atoms with Crippen molar-refractivity contribution in [3.05, 3.63) is 69.5 Å². The summed E-state index contributed by atoms with van der Waals surface area (Å²) in [5, 5.41) is 9.22. The third-order valence-corrected chi connectivity index (χ3v) is 5.00. The average Bonchev–Trinajstić information content (AvgIpc) is 3.36. The van der Waals surface area contributed by atoms with E-state index in [9.17, 15) is 9.59 Å². The Balaban J connectivity index is 1.80. The van der Waals surface area contributed by atoms with Gasteiger partial charge in [0.05, 0.1) is 11.1 Å². The summed E-state index contributed by atoms with van der Waals surface area (Å²) in [4.78, 5) is 40.6. The molecule has 0 aromatic carbocycles. The molecule has 9 nitrogen and oxygen atoms in total. The number of amides is 1. The van der Waals surface area contributed by atoms with Gasteiger partial charge < -0.3 is 5.32 Å². The molecule has 0 spiro atoms. The van der Waals surface area contributed by atoms with E-state index in [1.807, 2.05) is 17.5 Å². The van der Waals surface area contributed by atoms with Crippen molar-refractivity contribution in [1.29, 1.82) is 0 Å². The fraction of sp³-hybridized carbons (Fsp3) is 0.111. The molecule has 10 heteroatoms. The molecule has 0 aliphatic heterocycles. The Morgan fingerprint density at radius 1 is 1.29 bits per heavy atom. The lowest BCUT2D eigenvalue weighted by molar-refractivity contribution is 0.102. The average molecular weight is 393 g/mol. The molecule has 0 saturated heterocycles. The Bertz CT molecular complexity index is 1200. The van der Waals surface area contributed by atoms with Gasteiger partial charge in [-0.1, -0.05) is 6.07 Å². The van der Waals surface area contributed by atoms with Crippen LogP contribution in [0.2, 0.25) is 0 Å². The summed E-state index contributed by atoms with van der Waals surface area (Å²) in [6.07, 6.45) is 4.29. The molecule has 2 N–H and O–H groups in total. The van der Waals surface area contributed by atoms with Crippen molar-refractivity contribution in [2.24, 2.45) is 0 Å². The number of nitrogens with one attached hydrogen (secondary N) is 2. The molecule has 0 radical (unpaired) electrons. The number of hydrogen-bond donors (Lipinski definition) is 2. The zero-order valence-corrected chi connectivity index (χ0v) is 15.8. The van der Waals surface area contributed by atoms with E-state index in [-0.39, 0.29) is 17.2 Å². The van der Waals surface area contributed by atoms with Gasteiger partial charge in [-0.3, -0.25) is 19.6 Å². The van der Waals surface area contributed by atoms with E-state index in [0.717, 1.165) is 4.88 Å². The van der Waals surface area contributed by atoms with E-state index in [0.29, 0.717) is 22.8 Å². The SMILES string of the molecule is Cc1nc(-n2nc(-c3cccs3)cc2NC(=O)c2cnccn2)[nH]c(=O)c1C. The molecule has 1 amide bonds. The standard InChI is InChI=1S/C18H15N7O2S/c1-10-11(2)21-18(23-16(10)26)25-15(8-12(24-25)14-4-3-7-28-14)22-17(27)13-9-19-5-6-20-13/h3-9H,1-2H3,(H,22,27)(H,21,23,26). The van der Waals surface area contributed by atoms with Gasteiger partial charge in [-0.25, -0.2) is 9.97 Å². The highest BCUT2D eigenvalue weighted by Crippen LogP contribution is 2.27. The molecule has 0 fully saturated rings. The fourth-order valence-electron chi connectivity index (χ4n) is 2.50.